The molecular weight excluding hydrogens is 443 g/mol. The zero-order valence-electron chi connectivity index (χ0n) is 13.7. The number of benzene rings is 1. The van der Waals surface area contributed by atoms with Crippen LogP contribution in [-0.2, 0) is 0 Å². The van der Waals surface area contributed by atoms with Crippen LogP contribution >= 0.6 is 35.7 Å². The molecule has 3 atom stereocenters. The van der Waals surface area contributed by atoms with Crippen LogP contribution in [0.15, 0.2) is 23.2 Å². The summed E-state index contributed by atoms with van der Waals surface area (Å²) in [5.41, 5.74) is 0.201. The maximum absolute atomic E-state index is 13.8. The molecule has 3 unspecified atom stereocenters. The third-order valence-corrected chi connectivity index (χ3v) is 5.68. The lowest BCUT2D eigenvalue weighted by Gasteiger charge is -2.13. The van der Waals surface area contributed by atoms with E-state index >= 15 is 0 Å². The van der Waals surface area contributed by atoms with Gasteiger partial charge >= 0.3 is 0 Å². The molecule has 1 saturated heterocycles. The average molecular weight is 467 g/mol. The van der Waals surface area contributed by atoms with E-state index in [1.54, 1.807) is 0 Å². The Kier molecular flexibility index (Phi) is 7.59. The van der Waals surface area contributed by atoms with Crippen LogP contribution in [0.1, 0.15) is 37.7 Å². The summed E-state index contributed by atoms with van der Waals surface area (Å²) in [6.07, 6.45) is 3.23. The lowest BCUT2D eigenvalue weighted by molar-refractivity contribution is 0.553. The van der Waals surface area contributed by atoms with E-state index < -0.39 is 11.6 Å². The molecule has 1 aromatic rings. The Hall–Kier alpha value is -0.570. The second-order valence-electron chi connectivity index (χ2n) is 6.08. The van der Waals surface area contributed by atoms with E-state index in [2.05, 4.69) is 15.6 Å². The van der Waals surface area contributed by atoms with Crippen molar-refractivity contribution in [1.29, 1.82) is 0 Å². The van der Waals surface area contributed by atoms with Crippen molar-refractivity contribution in [3.8, 4) is 0 Å². The molecule has 1 saturated carbocycles. The van der Waals surface area contributed by atoms with Gasteiger partial charge < -0.3 is 10.6 Å². The highest BCUT2D eigenvalue weighted by molar-refractivity contribution is 14.0. The van der Waals surface area contributed by atoms with Gasteiger partial charge in [-0.3, -0.25) is 4.99 Å². The quantitative estimate of drug-likeness (QED) is 0.392. The molecule has 0 radical (unpaired) electrons. The Labute approximate surface area is 163 Å². The molecule has 1 aliphatic carbocycles. The molecule has 0 spiro atoms. The topological polar surface area (TPSA) is 36.4 Å². The summed E-state index contributed by atoms with van der Waals surface area (Å²) in [6, 6.07) is 4.11. The van der Waals surface area contributed by atoms with Gasteiger partial charge in [-0.25, -0.2) is 8.78 Å². The zero-order valence-corrected chi connectivity index (χ0v) is 16.9. The van der Waals surface area contributed by atoms with Crippen LogP contribution in [0.25, 0.3) is 0 Å². The van der Waals surface area contributed by atoms with Gasteiger partial charge in [0, 0.05) is 29.3 Å². The standard InChI is InChI=1S/C17H23F2N3S.HI/c1-2-20-17(21-10-11-5-4-8-23-11)22-15-9-12(15)16-13(18)6-3-7-14(16)19;/h3,6-7,11-12,15H,2,4-5,8-10H2,1H3,(H2,20,21,22);1H. The van der Waals surface area contributed by atoms with Crippen LogP contribution in [0.3, 0.4) is 0 Å². The molecule has 0 aromatic heterocycles. The van der Waals surface area contributed by atoms with Crippen molar-refractivity contribution >= 4 is 41.7 Å². The van der Waals surface area contributed by atoms with Gasteiger partial charge in [0.1, 0.15) is 11.6 Å². The van der Waals surface area contributed by atoms with Crippen molar-refractivity contribution in [1.82, 2.24) is 10.6 Å². The predicted molar refractivity (Wildman–Crippen MR) is 108 cm³/mol. The fraction of sp³-hybridized carbons (Fsp3) is 0.588. The Morgan fingerprint density at radius 2 is 2.08 bits per heavy atom. The zero-order chi connectivity index (χ0) is 16.2. The number of aliphatic imine (C=N–C) groups is 1. The first-order valence-corrected chi connectivity index (χ1v) is 9.34. The summed E-state index contributed by atoms with van der Waals surface area (Å²) in [6.45, 7) is 3.59. The molecule has 24 heavy (non-hydrogen) atoms. The van der Waals surface area contributed by atoms with Crippen LogP contribution < -0.4 is 10.6 Å². The molecule has 1 heterocycles. The second-order valence-corrected chi connectivity index (χ2v) is 7.49. The molecule has 2 aliphatic rings. The van der Waals surface area contributed by atoms with E-state index in [4.69, 9.17) is 0 Å². The number of rotatable bonds is 5. The first-order chi connectivity index (χ1) is 11.2. The fourth-order valence-electron chi connectivity index (χ4n) is 3.02. The minimum atomic E-state index is -0.455. The smallest absolute Gasteiger partial charge is 0.191 e. The van der Waals surface area contributed by atoms with Gasteiger partial charge in [-0.1, -0.05) is 6.07 Å². The molecular formula is C17H24F2IN3S. The number of thioether (sulfide) groups is 1. The van der Waals surface area contributed by atoms with Gasteiger partial charge in [0.25, 0.3) is 0 Å². The highest BCUT2D eigenvalue weighted by atomic mass is 127. The Bertz CT molecular complexity index is 559. The Balaban J connectivity index is 0.00000208. The van der Waals surface area contributed by atoms with Crippen molar-refractivity contribution in [3.05, 3.63) is 35.4 Å². The summed E-state index contributed by atoms with van der Waals surface area (Å²) in [5, 5.41) is 7.14. The van der Waals surface area contributed by atoms with Crippen molar-refractivity contribution in [3.63, 3.8) is 0 Å². The summed E-state index contributed by atoms with van der Waals surface area (Å²) >= 11 is 1.98. The summed E-state index contributed by atoms with van der Waals surface area (Å²) < 4.78 is 27.7. The number of nitrogens with zero attached hydrogens (tertiary/aromatic N) is 1. The maximum Gasteiger partial charge on any atom is 0.191 e. The molecule has 134 valence electrons. The van der Waals surface area contributed by atoms with E-state index in [1.807, 2.05) is 18.7 Å². The number of hydrogen-bond donors (Lipinski definition) is 2. The normalized spacial score (nSPS) is 26.0. The highest BCUT2D eigenvalue weighted by Gasteiger charge is 2.42. The van der Waals surface area contributed by atoms with Crippen molar-refractivity contribution in [2.24, 2.45) is 4.99 Å². The molecule has 3 nitrogen and oxygen atoms in total. The summed E-state index contributed by atoms with van der Waals surface area (Å²) in [7, 11) is 0. The molecule has 7 heteroatoms. The van der Waals surface area contributed by atoms with Gasteiger partial charge in [-0.15, -0.1) is 24.0 Å². The van der Waals surface area contributed by atoms with Crippen molar-refractivity contribution in [2.75, 3.05) is 18.8 Å². The van der Waals surface area contributed by atoms with Gasteiger partial charge in [0.15, 0.2) is 5.96 Å². The average Bonchev–Trinajstić information content (AvgIpc) is 3.06. The molecule has 0 bridgehead atoms. The number of halogens is 3. The van der Waals surface area contributed by atoms with Crippen LogP contribution in [0.5, 0.6) is 0 Å². The Morgan fingerprint density at radius 1 is 1.33 bits per heavy atom. The largest absolute Gasteiger partial charge is 0.357 e. The van der Waals surface area contributed by atoms with Gasteiger partial charge in [-0.2, -0.15) is 11.8 Å². The first-order valence-electron chi connectivity index (χ1n) is 8.29. The lowest BCUT2D eigenvalue weighted by atomic mass is 10.1. The molecule has 2 fully saturated rings. The summed E-state index contributed by atoms with van der Waals surface area (Å²) in [5.74, 6) is 0.957. The third kappa shape index (κ3) is 4.97. The van der Waals surface area contributed by atoms with Gasteiger partial charge in [0.2, 0.25) is 0 Å². The van der Waals surface area contributed by atoms with E-state index in [-0.39, 0.29) is 41.5 Å². The van der Waals surface area contributed by atoms with Gasteiger partial charge in [0.05, 0.1) is 6.54 Å². The van der Waals surface area contributed by atoms with Gasteiger partial charge in [-0.05, 0) is 44.1 Å². The molecule has 1 aliphatic heterocycles. The van der Waals surface area contributed by atoms with E-state index in [1.165, 1.54) is 36.8 Å². The number of hydrogen-bond acceptors (Lipinski definition) is 2. The van der Waals surface area contributed by atoms with Crippen LogP contribution in [0.2, 0.25) is 0 Å². The summed E-state index contributed by atoms with van der Waals surface area (Å²) in [4.78, 5) is 4.63. The lowest BCUT2D eigenvalue weighted by Crippen LogP contribution is -2.39. The predicted octanol–water partition coefficient (Wildman–Crippen LogP) is 3.89. The number of nitrogens with one attached hydrogen (secondary N) is 2. The van der Waals surface area contributed by atoms with E-state index in [9.17, 15) is 8.78 Å². The molecule has 2 N–H and O–H groups in total. The molecule has 1 aromatic carbocycles. The second kappa shape index (κ2) is 9.22. The highest BCUT2D eigenvalue weighted by Crippen LogP contribution is 2.43. The number of guanidine groups is 1. The van der Waals surface area contributed by atoms with E-state index in [0.29, 0.717) is 5.25 Å². The van der Waals surface area contributed by atoms with Crippen LogP contribution in [0.4, 0.5) is 8.78 Å². The first kappa shape index (κ1) is 19.8. The SMILES string of the molecule is CCNC(=NCC1CCCS1)NC1CC1c1c(F)cccc1F.I. The third-order valence-electron chi connectivity index (χ3n) is 4.30. The fourth-order valence-corrected chi connectivity index (χ4v) is 4.20. The van der Waals surface area contributed by atoms with Crippen LogP contribution in [0, 0.1) is 11.6 Å². The van der Waals surface area contributed by atoms with Crippen molar-refractivity contribution < 1.29 is 8.78 Å². The minimum absolute atomic E-state index is 0. The molecule has 0 amide bonds. The maximum atomic E-state index is 13.8. The van der Waals surface area contributed by atoms with Crippen LogP contribution in [-0.4, -0.2) is 36.1 Å². The monoisotopic (exact) mass is 467 g/mol. The Morgan fingerprint density at radius 3 is 2.71 bits per heavy atom. The molecule has 3 rings (SSSR count). The van der Waals surface area contributed by atoms with E-state index in [0.717, 1.165) is 25.5 Å². The minimum Gasteiger partial charge on any atom is -0.357 e. The van der Waals surface area contributed by atoms with Crippen molar-refractivity contribution in [2.45, 2.75) is 43.4 Å².